The summed E-state index contributed by atoms with van der Waals surface area (Å²) in [4.78, 5) is 9.56. The average molecular weight is 222 g/mol. The van der Waals surface area contributed by atoms with E-state index in [1.54, 1.807) is 0 Å². The Hall–Kier alpha value is -1.52. The molecular formula is C4H6N4O5S. The minimum Gasteiger partial charge on any atom is -0.358 e. The Kier molecular flexibility index (Phi) is 2.78. The predicted octanol–water partition coefficient (Wildman–Crippen LogP) is -0.962. The summed E-state index contributed by atoms with van der Waals surface area (Å²) in [7, 11) is -4.11. The minimum absolute atomic E-state index is 0.00373. The first-order chi connectivity index (χ1) is 6.40. The fraction of sp³-hybridized carbons (Fsp3) is 0.250. The normalized spacial score (nSPS) is 11.5. The molecule has 14 heavy (non-hydrogen) atoms. The summed E-state index contributed by atoms with van der Waals surface area (Å²) >= 11 is 0. The molecule has 0 bridgehead atoms. The zero-order valence-electron chi connectivity index (χ0n) is 6.71. The molecule has 1 rings (SSSR count). The van der Waals surface area contributed by atoms with E-state index in [1.807, 2.05) is 0 Å². The van der Waals surface area contributed by atoms with Crippen LogP contribution >= 0.6 is 0 Å². The van der Waals surface area contributed by atoms with E-state index >= 15 is 0 Å². The molecule has 0 aliphatic rings. The lowest BCUT2D eigenvalue weighted by Gasteiger charge is -1.97. The molecule has 0 atom stereocenters. The van der Waals surface area contributed by atoms with Crippen LogP contribution in [0, 0.1) is 10.1 Å². The number of nitrogens with one attached hydrogen (secondary N) is 1. The molecule has 0 aliphatic heterocycles. The van der Waals surface area contributed by atoms with E-state index in [0.717, 1.165) is 6.20 Å². The number of nitrogens with two attached hydrogens (primary N) is 1. The van der Waals surface area contributed by atoms with Gasteiger partial charge in [-0.1, -0.05) is 5.10 Å². The number of H-pyrrole nitrogens is 1. The topological polar surface area (TPSA) is 141 Å². The molecule has 78 valence electrons. The molecule has 0 spiro atoms. The van der Waals surface area contributed by atoms with Gasteiger partial charge in [-0.05, 0) is 4.92 Å². The second-order valence-corrected chi connectivity index (χ2v) is 3.48. The van der Waals surface area contributed by atoms with E-state index < -0.39 is 27.7 Å². The van der Waals surface area contributed by atoms with Crippen molar-refractivity contribution in [2.45, 2.75) is 6.61 Å². The van der Waals surface area contributed by atoms with Gasteiger partial charge in [0.25, 0.3) is 0 Å². The molecule has 0 saturated heterocycles. The van der Waals surface area contributed by atoms with E-state index in [1.165, 1.54) is 0 Å². The summed E-state index contributed by atoms with van der Waals surface area (Å²) in [6.45, 7) is -0.522. The smallest absolute Gasteiger partial charge is 0.348 e. The number of aromatic nitrogens is 2. The largest absolute Gasteiger partial charge is 0.358 e. The van der Waals surface area contributed by atoms with Crippen LogP contribution in [0.4, 0.5) is 5.82 Å². The highest BCUT2D eigenvalue weighted by atomic mass is 32.2. The van der Waals surface area contributed by atoms with Crippen molar-refractivity contribution < 1.29 is 17.5 Å². The van der Waals surface area contributed by atoms with Gasteiger partial charge in [-0.15, -0.1) is 5.10 Å². The van der Waals surface area contributed by atoms with Crippen LogP contribution in [-0.2, 0) is 21.1 Å². The van der Waals surface area contributed by atoms with E-state index in [0.29, 0.717) is 0 Å². The number of hydrogen-bond donors (Lipinski definition) is 2. The molecule has 0 fully saturated rings. The summed E-state index contributed by atoms with van der Waals surface area (Å²) in [5.41, 5.74) is 0.00373. The third kappa shape index (κ3) is 2.76. The monoisotopic (exact) mass is 222 g/mol. The van der Waals surface area contributed by atoms with Crippen molar-refractivity contribution in [3.63, 3.8) is 0 Å². The van der Waals surface area contributed by atoms with E-state index in [2.05, 4.69) is 19.5 Å². The van der Waals surface area contributed by atoms with Gasteiger partial charge >= 0.3 is 16.1 Å². The van der Waals surface area contributed by atoms with Gasteiger partial charge in [-0.25, -0.2) is 5.14 Å². The highest BCUT2D eigenvalue weighted by Crippen LogP contribution is 2.14. The second kappa shape index (κ2) is 3.69. The lowest BCUT2D eigenvalue weighted by atomic mass is 10.3. The van der Waals surface area contributed by atoms with Gasteiger partial charge < -0.3 is 10.1 Å². The Morgan fingerprint density at radius 2 is 2.36 bits per heavy atom. The van der Waals surface area contributed by atoms with Crippen LogP contribution in [0.1, 0.15) is 5.56 Å². The predicted molar refractivity (Wildman–Crippen MR) is 43.1 cm³/mol. The fourth-order valence-corrected chi connectivity index (χ4v) is 1.00. The number of hydrogen-bond acceptors (Lipinski definition) is 6. The van der Waals surface area contributed by atoms with Crippen LogP contribution in [0.3, 0.4) is 0 Å². The van der Waals surface area contributed by atoms with Crippen molar-refractivity contribution in [1.29, 1.82) is 0 Å². The van der Waals surface area contributed by atoms with Gasteiger partial charge in [0.05, 0.1) is 11.8 Å². The summed E-state index contributed by atoms with van der Waals surface area (Å²) in [6.07, 6.45) is 1.09. The summed E-state index contributed by atoms with van der Waals surface area (Å²) in [5.74, 6) is -0.423. The number of nitrogens with zero attached hydrogens (tertiary/aromatic N) is 2. The highest BCUT2D eigenvalue weighted by molar-refractivity contribution is 7.84. The van der Waals surface area contributed by atoms with Gasteiger partial charge in [0, 0.05) is 0 Å². The van der Waals surface area contributed by atoms with Crippen molar-refractivity contribution in [2.75, 3.05) is 0 Å². The van der Waals surface area contributed by atoms with Crippen LogP contribution in [0.15, 0.2) is 6.20 Å². The van der Waals surface area contributed by atoms with Crippen LogP contribution in [-0.4, -0.2) is 23.5 Å². The Bertz CT molecular complexity index is 436. The molecule has 0 radical (unpaired) electrons. The van der Waals surface area contributed by atoms with Gasteiger partial charge in [-0.3, -0.25) is 4.18 Å². The van der Waals surface area contributed by atoms with Gasteiger partial charge in [-0.2, -0.15) is 8.42 Å². The zero-order chi connectivity index (χ0) is 10.8. The summed E-state index contributed by atoms with van der Waals surface area (Å²) < 4.78 is 24.9. The molecule has 10 heteroatoms. The average Bonchev–Trinajstić information content (AvgIpc) is 2.46. The maximum atomic E-state index is 10.4. The van der Waals surface area contributed by atoms with Crippen LogP contribution < -0.4 is 5.14 Å². The molecule has 0 aromatic carbocycles. The Morgan fingerprint density at radius 1 is 1.71 bits per heavy atom. The van der Waals surface area contributed by atoms with Gasteiger partial charge in [0.1, 0.15) is 6.61 Å². The summed E-state index contributed by atoms with van der Waals surface area (Å²) in [5, 5.41) is 20.3. The SMILES string of the molecule is NS(=O)(=O)OCc1cn[nH]c1[N+](=O)[O-]. The van der Waals surface area contributed by atoms with E-state index in [9.17, 15) is 18.5 Å². The maximum Gasteiger partial charge on any atom is 0.348 e. The van der Waals surface area contributed by atoms with Crippen LogP contribution in [0.2, 0.25) is 0 Å². The van der Waals surface area contributed by atoms with E-state index in [-0.39, 0.29) is 5.56 Å². The van der Waals surface area contributed by atoms with Crippen LogP contribution in [0.5, 0.6) is 0 Å². The first-order valence-corrected chi connectivity index (χ1v) is 4.71. The van der Waals surface area contributed by atoms with Crippen molar-refractivity contribution in [1.82, 2.24) is 10.2 Å². The molecule has 1 aromatic rings. The Morgan fingerprint density at radius 3 is 2.86 bits per heavy atom. The fourth-order valence-electron chi connectivity index (χ4n) is 0.714. The minimum atomic E-state index is -4.11. The third-order valence-corrected chi connectivity index (χ3v) is 1.70. The molecule has 0 aliphatic carbocycles. The molecule has 0 unspecified atom stereocenters. The second-order valence-electron chi connectivity index (χ2n) is 2.26. The molecule has 1 heterocycles. The first-order valence-electron chi connectivity index (χ1n) is 3.24. The third-order valence-electron chi connectivity index (χ3n) is 1.26. The number of nitro groups is 1. The van der Waals surface area contributed by atoms with Gasteiger partial charge in [0.15, 0.2) is 0 Å². The molecule has 3 N–H and O–H groups in total. The zero-order valence-corrected chi connectivity index (χ0v) is 7.52. The Balaban J connectivity index is 2.77. The lowest BCUT2D eigenvalue weighted by molar-refractivity contribution is -0.390. The summed E-state index contributed by atoms with van der Waals surface area (Å²) in [6, 6.07) is 0. The molecule has 0 saturated carbocycles. The molecule has 0 amide bonds. The Labute approximate surface area is 78.3 Å². The maximum absolute atomic E-state index is 10.4. The van der Waals surface area contributed by atoms with Crippen molar-refractivity contribution >= 4 is 16.1 Å². The van der Waals surface area contributed by atoms with E-state index in [4.69, 9.17) is 0 Å². The quantitative estimate of drug-likeness (QED) is 0.496. The van der Waals surface area contributed by atoms with Crippen molar-refractivity contribution in [3.8, 4) is 0 Å². The van der Waals surface area contributed by atoms with Crippen LogP contribution in [0.25, 0.3) is 0 Å². The molecular weight excluding hydrogens is 216 g/mol. The first kappa shape index (κ1) is 10.6. The van der Waals surface area contributed by atoms with Crippen molar-refractivity contribution in [2.24, 2.45) is 5.14 Å². The number of aromatic amines is 1. The lowest BCUT2D eigenvalue weighted by Crippen LogP contribution is -2.15. The standard InChI is InChI=1S/C4H6N4O5S/c5-14(11,12)13-2-3-1-6-7-4(3)8(9)10/h1H,2H2,(H,6,7)(H2,5,11,12). The van der Waals surface area contributed by atoms with Crippen molar-refractivity contribution in [3.05, 3.63) is 21.9 Å². The van der Waals surface area contributed by atoms with Gasteiger partial charge in [0.2, 0.25) is 0 Å². The molecule has 1 aromatic heterocycles. The highest BCUT2D eigenvalue weighted by Gasteiger charge is 2.16. The molecule has 9 nitrogen and oxygen atoms in total. The number of rotatable bonds is 4.